The topological polar surface area (TPSA) is 66.2 Å². The van der Waals surface area contributed by atoms with Crippen LogP contribution in [-0.2, 0) is 0 Å². The van der Waals surface area contributed by atoms with E-state index in [4.69, 9.17) is 4.42 Å². The summed E-state index contributed by atoms with van der Waals surface area (Å²) in [6, 6.07) is 7.36. The molecular formula is C17H13NO3. The average molecular weight is 279 g/mol. The number of benzene rings is 1. The standard InChI is InChI=1S/C17H13NO3/c1-17(20)8-6-12-13(7-9-17)21-15-10-4-2-3-5-11(10)16(19)18-14(12)15/h2-9,20H,1H3,(H,18,19). The second-order valence-electron chi connectivity index (χ2n) is 5.48. The van der Waals surface area contributed by atoms with Gasteiger partial charge in [0.15, 0.2) is 5.58 Å². The van der Waals surface area contributed by atoms with Crippen LogP contribution in [0.3, 0.4) is 0 Å². The second kappa shape index (κ2) is 3.96. The summed E-state index contributed by atoms with van der Waals surface area (Å²) in [5.74, 6) is 0.631. The van der Waals surface area contributed by atoms with E-state index in [0.717, 1.165) is 10.9 Å². The van der Waals surface area contributed by atoms with Gasteiger partial charge in [-0.25, -0.2) is 0 Å². The Bertz CT molecular complexity index is 986. The zero-order valence-electron chi connectivity index (χ0n) is 11.4. The van der Waals surface area contributed by atoms with Gasteiger partial charge < -0.3 is 14.5 Å². The summed E-state index contributed by atoms with van der Waals surface area (Å²) in [6.07, 6.45) is 6.87. The highest BCUT2D eigenvalue weighted by molar-refractivity contribution is 6.05. The molecule has 0 fully saturated rings. The second-order valence-corrected chi connectivity index (χ2v) is 5.48. The number of hydrogen-bond donors (Lipinski definition) is 2. The molecule has 0 saturated carbocycles. The molecule has 104 valence electrons. The van der Waals surface area contributed by atoms with Gasteiger partial charge in [0.1, 0.15) is 5.76 Å². The summed E-state index contributed by atoms with van der Waals surface area (Å²) in [6.45, 7) is 1.69. The van der Waals surface area contributed by atoms with E-state index >= 15 is 0 Å². The van der Waals surface area contributed by atoms with Gasteiger partial charge in [-0.1, -0.05) is 18.2 Å². The lowest BCUT2D eigenvalue weighted by molar-refractivity contribution is 0.166. The molecule has 4 heteroatoms. The maximum atomic E-state index is 12.2. The van der Waals surface area contributed by atoms with Crippen LogP contribution >= 0.6 is 0 Å². The van der Waals surface area contributed by atoms with Crippen molar-refractivity contribution in [2.24, 2.45) is 0 Å². The van der Waals surface area contributed by atoms with Gasteiger partial charge in [0.05, 0.1) is 16.5 Å². The van der Waals surface area contributed by atoms with Crippen LogP contribution < -0.4 is 5.56 Å². The number of rotatable bonds is 0. The van der Waals surface area contributed by atoms with Crippen molar-refractivity contribution in [2.75, 3.05) is 0 Å². The number of aromatic nitrogens is 1. The molecule has 1 aliphatic rings. The predicted octanol–water partition coefficient (Wildman–Crippen LogP) is 3.07. The first-order valence-electron chi connectivity index (χ1n) is 6.73. The molecule has 2 heterocycles. The molecule has 4 nitrogen and oxygen atoms in total. The van der Waals surface area contributed by atoms with Gasteiger partial charge in [-0.3, -0.25) is 4.79 Å². The van der Waals surface area contributed by atoms with Crippen LogP contribution in [0.1, 0.15) is 18.2 Å². The van der Waals surface area contributed by atoms with Gasteiger partial charge in [-0.05, 0) is 37.3 Å². The third kappa shape index (κ3) is 1.76. The Morgan fingerprint density at radius 1 is 1.14 bits per heavy atom. The summed E-state index contributed by atoms with van der Waals surface area (Å²) >= 11 is 0. The molecule has 4 rings (SSSR count). The quantitative estimate of drug-likeness (QED) is 0.664. The fraction of sp³-hybridized carbons (Fsp3) is 0.118. The van der Waals surface area contributed by atoms with E-state index in [9.17, 15) is 9.90 Å². The Hall–Kier alpha value is -2.59. The zero-order valence-corrected chi connectivity index (χ0v) is 11.4. The maximum absolute atomic E-state index is 12.2. The number of furan rings is 1. The molecule has 1 atom stereocenters. The third-order valence-corrected chi connectivity index (χ3v) is 3.79. The van der Waals surface area contributed by atoms with Crippen LogP contribution in [0.5, 0.6) is 0 Å². The largest absolute Gasteiger partial charge is 0.454 e. The van der Waals surface area contributed by atoms with Gasteiger partial charge in [-0.2, -0.15) is 0 Å². The summed E-state index contributed by atoms with van der Waals surface area (Å²) < 4.78 is 5.91. The van der Waals surface area contributed by atoms with Crippen molar-refractivity contribution in [3.05, 3.63) is 58.1 Å². The Kier molecular flexibility index (Phi) is 2.30. The lowest BCUT2D eigenvalue weighted by atomic mass is 10.1. The van der Waals surface area contributed by atoms with Gasteiger partial charge in [0, 0.05) is 10.9 Å². The number of H-pyrrole nitrogens is 1. The van der Waals surface area contributed by atoms with Crippen molar-refractivity contribution in [3.8, 4) is 0 Å². The first-order chi connectivity index (χ1) is 10.1. The Labute approximate surface area is 120 Å². The van der Waals surface area contributed by atoms with Crippen molar-refractivity contribution in [1.82, 2.24) is 4.98 Å². The molecule has 21 heavy (non-hydrogen) atoms. The molecule has 2 N–H and O–H groups in total. The predicted molar refractivity (Wildman–Crippen MR) is 83.0 cm³/mol. The fourth-order valence-corrected chi connectivity index (χ4v) is 2.68. The molecule has 1 unspecified atom stereocenters. The van der Waals surface area contributed by atoms with Gasteiger partial charge in [0.25, 0.3) is 5.56 Å². The molecule has 0 radical (unpaired) electrons. The van der Waals surface area contributed by atoms with Gasteiger partial charge >= 0.3 is 0 Å². The van der Waals surface area contributed by atoms with E-state index in [2.05, 4.69) is 4.98 Å². The van der Waals surface area contributed by atoms with Crippen molar-refractivity contribution in [3.63, 3.8) is 0 Å². The molecular weight excluding hydrogens is 266 g/mol. The molecule has 1 aliphatic carbocycles. The highest BCUT2D eigenvalue weighted by Crippen LogP contribution is 2.33. The Morgan fingerprint density at radius 2 is 1.86 bits per heavy atom. The molecule has 0 amide bonds. The fourth-order valence-electron chi connectivity index (χ4n) is 2.68. The molecule has 3 aromatic rings. The average Bonchev–Trinajstić information content (AvgIpc) is 2.74. The molecule has 1 aromatic carbocycles. The molecule has 0 spiro atoms. The van der Waals surface area contributed by atoms with Crippen molar-refractivity contribution in [2.45, 2.75) is 12.5 Å². The number of pyridine rings is 1. The number of aromatic amines is 1. The van der Waals surface area contributed by atoms with Gasteiger partial charge in [-0.15, -0.1) is 0 Å². The summed E-state index contributed by atoms with van der Waals surface area (Å²) in [7, 11) is 0. The van der Waals surface area contributed by atoms with Crippen molar-refractivity contribution < 1.29 is 9.52 Å². The third-order valence-electron chi connectivity index (χ3n) is 3.79. The minimum atomic E-state index is -1.02. The SMILES string of the molecule is CC1(O)C=Cc2oc3c([nH]c(=O)c4ccccc43)c2C=C1. The van der Waals surface area contributed by atoms with E-state index in [1.54, 1.807) is 37.3 Å². The van der Waals surface area contributed by atoms with E-state index < -0.39 is 5.60 Å². The van der Waals surface area contributed by atoms with Crippen LogP contribution in [0.15, 0.2) is 45.6 Å². The molecule has 0 aliphatic heterocycles. The summed E-state index contributed by atoms with van der Waals surface area (Å²) in [5, 5.41) is 11.5. The number of fused-ring (bicyclic) bond motifs is 5. The van der Waals surface area contributed by atoms with Crippen molar-refractivity contribution >= 4 is 34.0 Å². The van der Waals surface area contributed by atoms with Crippen molar-refractivity contribution in [1.29, 1.82) is 0 Å². The smallest absolute Gasteiger partial charge is 0.256 e. The Morgan fingerprint density at radius 3 is 2.67 bits per heavy atom. The van der Waals surface area contributed by atoms with Crippen LogP contribution in [-0.4, -0.2) is 15.7 Å². The van der Waals surface area contributed by atoms with Crippen LogP contribution in [0.25, 0.3) is 34.0 Å². The van der Waals surface area contributed by atoms with E-state index in [-0.39, 0.29) is 5.56 Å². The van der Waals surface area contributed by atoms with E-state index in [1.807, 2.05) is 18.2 Å². The highest BCUT2D eigenvalue weighted by atomic mass is 16.3. The van der Waals surface area contributed by atoms with Crippen LogP contribution in [0.4, 0.5) is 0 Å². The molecule has 2 aromatic heterocycles. The Balaban J connectivity index is 2.15. The minimum Gasteiger partial charge on any atom is -0.454 e. The number of aliphatic hydroxyl groups is 1. The summed E-state index contributed by atoms with van der Waals surface area (Å²) in [4.78, 5) is 15.1. The monoisotopic (exact) mass is 279 g/mol. The first kappa shape index (κ1) is 12.2. The minimum absolute atomic E-state index is 0.143. The van der Waals surface area contributed by atoms with E-state index in [1.165, 1.54) is 0 Å². The van der Waals surface area contributed by atoms with E-state index in [0.29, 0.717) is 22.2 Å². The molecule has 0 saturated heterocycles. The lowest BCUT2D eigenvalue weighted by Crippen LogP contribution is -2.15. The number of hydrogen-bond acceptors (Lipinski definition) is 3. The maximum Gasteiger partial charge on any atom is 0.256 e. The zero-order chi connectivity index (χ0) is 14.6. The van der Waals surface area contributed by atoms with Crippen LogP contribution in [0.2, 0.25) is 0 Å². The highest BCUT2D eigenvalue weighted by Gasteiger charge is 2.20. The van der Waals surface area contributed by atoms with Gasteiger partial charge in [0.2, 0.25) is 0 Å². The lowest BCUT2D eigenvalue weighted by Gasteiger charge is -2.10. The van der Waals surface area contributed by atoms with Crippen LogP contribution in [0, 0.1) is 0 Å². The molecule has 0 bridgehead atoms. The normalized spacial score (nSPS) is 20.9. The first-order valence-corrected chi connectivity index (χ1v) is 6.73. The number of nitrogens with one attached hydrogen (secondary N) is 1. The summed E-state index contributed by atoms with van der Waals surface area (Å²) in [5.41, 5.74) is 0.931.